The summed E-state index contributed by atoms with van der Waals surface area (Å²) in [5, 5.41) is 4.45. The van der Waals surface area contributed by atoms with Crippen molar-refractivity contribution in [2.24, 2.45) is 11.8 Å². The molecule has 96 valence electrons. The van der Waals surface area contributed by atoms with Crippen LogP contribution in [0, 0.1) is 11.8 Å². The number of hydrogen-bond acceptors (Lipinski definition) is 1. The van der Waals surface area contributed by atoms with Gasteiger partial charge in [0.1, 0.15) is 0 Å². The summed E-state index contributed by atoms with van der Waals surface area (Å²) in [5.41, 5.74) is 0. The Balaban J connectivity index is 1.98. The van der Waals surface area contributed by atoms with Crippen molar-refractivity contribution in [2.75, 3.05) is 18.9 Å². The Hall–Kier alpha value is 0.440. The Morgan fingerprint density at radius 3 is 2.12 bits per heavy atom. The molecule has 1 nitrogen and oxygen atoms in total. The molecule has 0 unspecified atom stereocenters. The molecule has 0 bridgehead atoms. The average molecular weight is 290 g/mol. The minimum atomic E-state index is 1.02. The van der Waals surface area contributed by atoms with Gasteiger partial charge in [-0.05, 0) is 38.3 Å². The van der Waals surface area contributed by atoms with Crippen molar-refractivity contribution >= 4 is 15.9 Å². The molecule has 0 atom stereocenters. The Labute approximate surface area is 110 Å². The van der Waals surface area contributed by atoms with Gasteiger partial charge < -0.3 is 5.32 Å². The maximum absolute atomic E-state index is 3.50. The van der Waals surface area contributed by atoms with E-state index in [0.29, 0.717) is 0 Å². The fourth-order valence-electron chi connectivity index (χ4n) is 2.86. The van der Waals surface area contributed by atoms with Gasteiger partial charge in [-0.2, -0.15) is 0 Å². The van der Waals surface area contributed by atoms with Crippen LogP contribution in [-0.2, 0) is 0 Å². The fourth-order valence-corrected chi connectivity index (χ4v) is 3.26. The first-order valence-electron chi connectivity index (χ1n) is 7.07. The maximum Gasteiger partial charge on any atom is 0.00313 e. The third kappa shape index (κ3) is 6.24. The minimum absolute atomic E-state index is 1.02. The lowest BCUT2D eigenvalue weighted by Gasteiger charge is -2.28. The minimum Gasteiger partial charge on any atom is -0.320 e. The molecule has 0 spiro atoms. The molecule has 1 saturated carbocycles. The lowest BCUT2D eigenvalue weighted by Crippen LogP contribution is -2.19. The van der Waals surface area contributed by atoms with E-state index in [1.807, 2.05) is 0 Å². The summed E-state index contributed by atoms with van der Waals surface area (Å²) in [7, 11) is 2.06. The second kappa shape index (κ2) is 9.47. The predicted molar refractivity (Wildman–Crippen MR) is 76.3 cm³/mol. The van der Waals surface area contributed by atoms with Crippen molar-refractivity contribution in [3.8, 4) is 0 Å². The number of nitrogens with one attached hydrogen (secondary N) is 1. The van der Waals surface area contributed by atoms with Crippen LogP contribution in [0.1, 0.15) is 57.8 Å². The van der Waals surface area contributed by atoms with E-state index in [1.54, 1.807) is 0 Å². The van der Waals surface area contributed by atoms with Gasteiger partial charge in [0.15, 0.2) is 0 Å². The summed E-state index contributed by atoms with van der Waals surface area (Å²) in [5.74, 6) is 2.08. The zero-order valence-corrected chi connectivity index (χ0v) is 12.4. The van der Waals surface area contributed by atoms with Crippen molar-refractivity contribution < 1.29 is 0 Å². The summed E-state index contributed by atoms with van der Waals surface area (Å²) in [6.07, 6.45) is 13.1. The molecule has 1 fully saturated rings. The van der Waals surface area contributed by atoms with E-state index in [2.05, 4.69) is 28.3 Å². The van der Waals surface area contributed by atoms with Gasteiger partial charge >= 0.3 is 0 Å². The molecule has 0 aliphatic heterocycles. The molecule has 1 N–H and O–H groups in total. The molecule has 0 heterocycles. The van der Waals surface area contributed by atoms with Crippen LogP contribution in [0.25, 0.3) is 0 Å². The van der Waals surface area contributed by atoms with Crippen LogP contribution in [0.5, 0.6) is 0 Å². The molecule has 1 rings (SSSR count). The van der Waals surface area contributed by atoms with E-state index in [9.17, 15) is 0 Å². The van der Waals surface area contributed by atoms with E-state index >= 15 is 0 Å². The second-order valence-corrected chi connectivity index (χ2v) is 6.11. The van der Waals surface area contributed by atoms with Crippen molar-refractivity contribution in [2.45, 2.75) is 57.8 Å². The van der Waals surface area contributed by atoms with Crippen molar-refractivity contribution in [3.05, 3.63) is 0 Å². The normalized spacial score (nSPS) is 25.9. The summed E-state index contributed by atoms with van der Waals surface area (Å²) in [6.45, 7) is 1.21. The van der Waals surface area contributed by atoms with Crippen molar-refractivity contribution in [1.82, 2.24) is 5.32 Å². The van der Waals surface area contributed by atoms with Gasteiger partial charge in [0.25, 0.3) is 0 Å². The van der Waals surface area contributed by atoms with Gasteiger partial charge in [-0.15, -0.1) is 0 Å². The van der Waals surface area contributed by atoms with E-state index < -0.39 is 0 Å². The number of halogens is 1. The highest BCUT2D eigenvalue weighted by atomic mass is 79.9. The fraction of sp³-hybridized carbons (Fsp3) is 1.00. The van der Waals surface area contributed by atoms with Gasteiger partial charge in [-0.1, -0.05) is 60.9 Å². The van der Waals surface area contributed by atoms with E-state index in [0.717, 1.165) is 11.8 Å². The molecule has 0 amide bonds. The zero-order chi connectivity index (χ0) is 11.6. The van der Waals surface area contributed by atoms with Crippen molar-refractivity contribution in [1.29, 1.82) is 0 Å². The van der Waals surface area contributed by atoms with Crippen LogP contribution in [0.3, 0.4) is 0 Å². The monoisotopic (exact) mass is 289 g/mol. The SMILES string of the molecule is CNCCC1CCC(CCCCCBr)CC1. The molecule has 16 heavy (non-hydrogen) atoms. The molecule has 0 aromatic heterocycles. The van der Waals surface area contributed by atoms with Crippen LogP contribution < -0.4 is 5.32 Å². The summed E-state index contributed by atoms with van der Waals surface area (Å²) in [4.78, 5) is 0. The molecular formula is C14H28BrN. The molecule has 0 aromatic carbocycles. The third-order valence-corrected chi connectivity index (χ3v) is 4.58. The van der Waals surface area contributed by atoms with Crippen LogP contribution in [0.2, 0.25) is 0 Å². The topological polar surface area (TPSA) is 12.0 Å². The van der Waals surface area contributed by atoms with Crippen molar-refractivity contribution in [3.63, 3.8) is 0 Å². The molecular weight excluding hydrogens is 262 g/mol. The third-order valence-electron chi connectivity index (χ3n) is 4.01. The van der Waals surface area contributed by atoms with E-state index in [-0.39, 0.29) is 0 Å². The highest BCUT2D eigenvalue weighted by molar-refractivity contribution is 9.09. The molecule has 0 saturated heterocycles. The zero-order valence-electron chi connectivity index (χ0n) is 10.8. The van der Waals surface area contributed by atoms with E-state index in [4.69, 9.17) is 0 Å². The highest BCUT2D eigenvalue weighted by Gasteiger charge is 2.20. The summed E-state index contributed by atoms with van der Waals surface area (Å²) < 4.78 is 0. The first-order valence-corrected chi connectivity index (χ1v) is 8.19. The smallest absolute Gasteiger partial charge is 0.00313 e. The highest BCUT2D eigenvalue weighted by Crippen LogP contribution is 2.33. The number of rotatable bonds is 8. The lowest BCUT2D eigenvalue weighted by molar-refractivity contribution is 0.248. The first-order chi connectivity index (χ1) is 7.86. The average Bonchev–Trinajstić information content (AvgIpc) is 2.33. The van der Waals surface area contributed by atoms with Gasteiger partial charge in [0.05, 0.1) is 0 Å². The molecule has 2 heteroatoms. The largest absolute Gasteiger partial charge is 0.320 e. The number of alkyl halides is 1. The Kier molecular flexibility index (Phi) is 8.58. The first kappa shape index (κ1) is 14.5. The van der Waals surface area contributed by atoms with Gasteiger partial charge in [-0.25, -0.2) is 0 Å². The Morgan fingerprint density at radius 1 is 0.938 bits per heavy atom. The Bertz CT molecular complexity index is 153. The predicted octanol–water partition coefficient (Wildman–Crippen LogP) is 4.36. The number of hydrogen-bond donors (Lipinski definition) is 1. The molecule has 0 aromatic rings. The van der Waals surface area contributed by atoms with Gasteiger partial charge in [-0.3, -0.25) is 0 Å². The van der Waals surface area contributed by atoms with Gasteiger partial charge in [0.2, 0.25) is 0 Å². The lowest BCUT2D eigenvalue weighted by atomic mass is 9.78. The maximum atomic E-state index is 3.50. The van der Waals surface area contributed by atoms with Crippen LogP contribution in [-0.4, -0.2) is 18.9 Å². The summed E-state index contributed by atoms with van der Waals surface area (Å²) >= 11 is 3.50. The second-order valence-electron chi connectivity index (χ2n) is 5.32. The van der Waals surface area contributed by atoms with E-state index in [1.165, 1.54) is 69.7 Å². The molecule has 0 radical (unpaired) electrons. The Morgan fingerprint density at radius 2 is 1.56 bits per heavy atom. The van der Waals surface area contributed by atoms with Crippen LogP contribution in [0.15, 0.2) is 0 Å². The standard InChI is InChI=1S/C14H28BrN/c1-16-12-10-14-8-6-13(7-9-14)5-3-2-4-11-15/h13-14,16H,2-12H2,1H3. The number of unbranched alkanes of at least 4 members (excludes halogenated alkanes) is 2. The molecule has 1 aliphatic rings. The molecule has 1 aliphatic carbocycles. The van der Waals surface area contributed by atoms with Crippen LogP contribution in [0.4, 0.5) is 0 Å². The summed E-state index contributed by atoms with van der Waals surface area (Å²) in [6, 6.07) is 0. The van der Waals surface area contributed by atoms with Crippen LogP contribution >= 0.6 is 15.9 Å². The van der Waals surface area contributed by atoms with Gasteiger partial charge in [0, 0.05) is 5.33 Å². The quantitative estimate of drug-likeness (QED) is 0.517.